The van der Waals surface area contributed by atoms with Gasteiger partial charge in [-0.1, -0.05) is 17.7 Å². The molecule has 0 unspecified atom stereocenters. The van der Waals surface area contributed by atoms with Crippen LogP contribution in [0.3, 0.4) is 0 Å². The van der Waals surface area contributed by atoms with E-state index in [1.807, 2.05) is 36.1 Å². The summed E-state index contributed by atoms with van der Waals surface area (Å²) in [6.07, 6.45) is 2.48. The van der Waals surface area contributed by atoms with Crippen LogP contribution >= 0.6 is 11.8 Å². The highest BCUT2D eigenvalue weighted by Gasteiger charge is 2.27. The van der Waals surface area contributed by atoms with Gasteiger partial charge in [0.25, 0.3) is 0 Å². The molecule has 1 aliphatic carbocycles. The second-order valence-corrected chi connectivity index (χ2v) is 7.48. The van der Waals surface area contributed by atoms with Crippen LogP contribution in [0.2, 0.25) is 0 Å². The maximum atomic E-state index is 12.3. The second kappa shape index (κ2) is 8.39. The molecular formula is C18H26N2O2S. The zero-order chi connectivity index (χ0) is 16.8. The molecule has 126 valence electrons. The maximum Gasteiger partial charge on any atom is 0.234 e. The molecule has 0 atom stereocenters. The predicted octanol–water partition coefficient (Wildman–Crippen LogP) is 3.31. The van der Waals surface area contributed by atoms with Crippen molar-refractivity contribution in [2.24, 2.45) is 5.92 Å². The molecule has 0 radical (unpaired) electrons. The first-order valence-electron chi connectivity index (χ1n) is 8.19. The molecular weight excluding hydrogens is 308 g/mol. The molecule has 2 rings (SSSR count). The van der Waals surface area contributed by atoms with Crippen LogP contribution in [0.1, 0.15) is 32.3 Å². The number of nitrogens with one attached hydrogen (secondary N) is 1. The Bertz CT molecular complexity index is 538. The zero-order valence-electron chi connectivity index (χ0n) is 14.2. The van der Waals surface area contributed by atoms with E-state index in [9.17, 15) is 9.59 Å². The largest absolute Gasteiger partial charge is 0.339 e. The summed E-state index contributed by atoms with van der Waals surface area (Å²) in [7, 11) is 0. The van der Waals surface area contributed by atoms with E-state index in [0.717, 1.165) is 17.8 Å². The van der Waals surface area contributed by atoms with Gasteiger partial charge in [0.05, 0.1) is 11.5 Å². The van der Waals surface area contributed by atoms with E-state index in [-0.39, 0.29) is 17.9 Å². The smallest absolute Gasteiger partial charge is 0.234 e. The number of carbonyl (C=O) groups excluding carboxylic acids is 2. The number of carbonyl (C=O) groups is 2. The summed E-state index contributed by atoms with van der Waals surface area (Å²) >= 11 is 1.38. The third-order valence-corrected chi connectivity index (χ3v) is 4.81. The number of hydrogen-bond donors (Lipinski definition) is 1. The van der Waals surface area contributed by atoms with Gasteiger partial charge in [-0.15, -0.1) is 11.8 Å². The van der Waals surface area contributed by atoms with E-state index in [2.05, 4.69) is 19.2 Å². The number of thioether (sulfide) groups is 1. The molecule has 0 aromatic heterocycles. The summed E-state index contributed by atoms with van der Waals surface area (Å²) in [6.45, 7) is 6.98. The summed E-state index contributed by atoms with van der Waals surface area (Å²) in [5.41, 5.74) is 1.96. The average Bonchev–Trinajstić information content (AvgIpc) is 3.31. The van der Waals surface area contributed by atoms with Gasteiger partial charge in [0, 0.05) is 18.3 Å². The molecule has 23 heavy (non-hydrogen) atoms. The maximum absolute atomic E-state index is 12.3. The zero-order valence-corrected chi connectivity index (χ0v) is 15.0. The van der Waals surface area contributed by atoms with E-state index in [4.69, 9.17) is 0 Å². The van der Waals surface area contributed by atoms with Crippen molar-refractivity contribution in [2.45, 2.75) is 39.7 Å². The Balaban J connectivity index is 1.71. The quantitative estimate of drug-likeness (QED) is 0.793. The molecule has 0 saturated heterocycles. The standard InChI is InChI=1S/C18H26N2O2S/c1-13(2)20(10-15-6-7-15)18(22)12-23-11-17(21)19-16-8-4-14(3)5-9-16/h4-5,8-9,13,15H,6-7,10-12H2,1-3H3,(H,19,21). The van der Waals surface area contributed by atoms with Crippen LogP contribution in [-0.2, 0) is 9.59 Å². The Hall–Kier alpha value is -1.49. The van der Waals surface area contributed by atoms with Crippen molar-refractivity contribution in [3.05, 3.63) is 29.8 Å². The lowest BCUT2D eigenvalue weighted by molar-refractivity contribution is -0.130. The summed E-state index contributed by atoms with van der Waals surface area (Å²) in [6, 6.07) is 7.93. The van der Waals surface area contributed by atoms with Crippen molar-refractivity contribution in [1.29, 1.82) is 0 Å². The molecule has 1 aromatic rings. The van der Waals surface area contributed by atoms with Gasteiger partial charge >= 0.3 is 0 Å². The van der Waals surface area contributed by atoms with Crippen LogP contribution < -0.4 is 5.32 Å². The van der Waals surface area contributed by atoms with Crippen LogP contribution in [-0.4, -0.2) is 40.8 Å². The third-order valence-electron chi connectivity index (χ3n) is 3.89. The predicted molar refractivity (Wildman–Crippen MR) is 96.7 cm³/mol. The summed E-state index contributed by atoms with van der Waals surface area (Å²) in [5.74, 6) is 1.43. The van der Waals surface area contributed by atoms with Gasteiger partial charge < -0.3 is 10.2 Å². The Labute approximate surface area is 143 Å². The minimum absolute atomic E-state index is 0.0649. The molecule has 0 bridgehead atoms. The fraction of sp³-hybridized carbons (Fsp3) is 0.556. The number of nitrogens with zero attached hydrogens (tertiary/aromatic N) is 1. The normalized spacial score (nSPS) is 13.9. The molecule has 0 aliphatic heterocycles. The van der Waals surface area contributed by atoms with Crippen LogP contribution in [0.15, 0.2) is 24.3 Å². The number of rotatable bonds is 8. The molecule has 0 spiro atoms. The van der Waals surface area contributed by atoms with E-state index >= 15 is 0 Å². The van der Waals surface area contributed by atoms with Gasteiger partial charge in [-0.05, 0) is 51.7 Å². The fourth-order valence-electron chi connectivity index (χ4n) is 2.33. The van der Waals surface area contributed by atoms with Crippen molar-refractivity contribution >= 4 is 29.3 Å². The monoisotopic (exact) mass is 334 g/mol. The number of benzene rings is 1. The van der Waals surface area contributed by atoms with Crippen LogP contribution in [0.5, 0.6) is 0 Å². The van der Waals surface area contributed by atoms with Crippen LogP contribution in [0.25, 0.3) is 0 Å². The first-order valence-corrected chi connectivity index (χ1v) is 9.35. The number of aryl methyl sites for hydroxylation is 1. The molecule has 1 N–H and O–H groups in total. The Morgan fingerprint density at radius 1 is 1.22 bits per heavy atom. The topological polar surface area (TPSA) is 49.4 Å². The Morgan fingerprint density at radius 2 is 1.87 bits per heavy atom. The fourth-order valence-corrected chi connectivity index (χ4v) is 3.03. The molecule has 0 heterocycles. The van der Waals surface area contributed by atoms with Crippen molar-refractivity contribution < 1.29 is 9.59 Å². The molecule has 1 aliphatic rings. The van der Waals surface area contributed by atoms with E-state index in [1.165, 1.54) is 24.6 Å². The van der Waals surface area contributed by atoms with Crippen molar-refractivity contribution in [3.63, 3.8) is 0 Å². The van der Waals surface area contributed by atoms with Gasteiger partial charge in [-0.25, -0.2) is 0 Å². The highest BCUT2D eigenvalue weighted by Crippen LogP contribution is 2.30. The SMILES string of the molecule is Cc1ccc(NC(=O)CSCC(=O)N(CC2CC2)C(C)C)cc1. The summed E-state index contributed by atoms with van der Waals surface area (Å²) < 4.78 is 0. The molecule has 1 aromatic carbocycles. The van der Waals surface area contributed by atoms with E-state index in [1.54, 1.807) is 0 Å². The lowest BCUT2D eigenvalue weighted by Gasteiger charge is -2.26. The summed E-state index contributed by atoms with van der Waals surface area (Å²) in [5, 5.41) is 2.85. The third kappa shape index (κ3) is 6.26. The van der Waals surface area contributed by atoms with Crippen LogP contribution in [0.4, 0.5) is 5.69 Å². The second-order valence-electron chi connectivity index (χ2n) is 6.49. The molecule has 2 amide bonds. The Kier molecular flexibility index (Phi) is 6.51. The first kappa shape index (κ1) is 17.9. The van der Waals surface area contributed by atoms with Crippen molar-refractivity contribution in [1.82, 2.24) is 4.90 Å². The van der Waals surface area contributed by atoms with E-state index in [0.29, 0.717) is 17.4 Å². The van der Waals surface area contributed by atoms with Gasteiger partial charge in [0.2, 0.25) is 11.8 Å². The molecule has 5 heteroatoms. The van der Waals surface area contributed by atoms with Crippen LogP contribution in [0, 0.1) is 12.8 Å². The number of anilines is 1. The van der Waals surface area contributed by atoms with Gasteiger partial charge in [0.15, 0.2) is 0 Å². The summed E-state index contributed by atoms with van der Waals surface area (Å²) in [4.78, 5) is 26.2. The lowest BCUT2D eigenvalue weighted by Crippen LogP contribution is -2.39. The van der Waals surface area contributed by atoms with Crippen molar-refractivity contribution in [2.75, 3.05) is 23.4 Å². The minimum Gasteiger partial charge on any atom is -0.339 e. The van der Waals surface area contributed by atoms with Crippen molar-refractivity contribution in [3.8, 4) is 0 Å². The molecule has 4 nitrogen and oxygen atoms in total. The number of amides is 2. The highest BCUT2D eigenvalue weighted by molar-refractivity contribution is 8.00. The van der Waals surface area contributed by atoms with Gasteiger partial charge in [0.1, 0.15) is 0 Å². The lowest BCUT2D eigenvalue weighted by atomic mass is 10.2. The van der Waals surface area contributed by atoms with E-state index < -0.39 is 0 Å². The average molecular weight is 334 g/mol. The number of hydrogen-bond acceptors (Lipinski definition) is 3. The van der Waals surface area contributed by atoms with Gasteiger partial charge in [-0.2, -0.15) is 0 Å². The van der Waals surface area contributed by atoms with Gasteiger partial charge in [-0.3, -0.25) is 9.59 Å². The minimum atomic E-state index is -0.0649. The Morgan fingerprint density at radius 3 is 2.43 bits per heavy atom. The molecule has 1 saturated carbocycles. The molecule has 1 fully saturated rings. The first-order chi connectivity index (χ1) is 11.0. The highest BCUT2D eigenvalue weighted by atomic mass is 32.2.